The number of hydrogen-bond donors (Lipinski definition) is 0. The molecule has 0 aliphatic carbocycles. The first-order valence-electron chi connectivity index (χ1n) is 9.90. The second kappa shape index (κ2) is 7.37. The van der Waals surface area contributed by atoms with Crippen molar-refractivity contribution < 1.29 is 43.0 Å². The van der Waals surface area contributed by atoms with Crippen LogP contribution in [0.25, 0.3) is 0 Å². The molecule has 3 heterocycles. The van der Waals surface area contributed by atoms with Gasteiger partial charge >= 0.3 is 11.9 Å². The van der Waals surface area contributed by atoms with Crippen molar-refractivity contribution in [2.24, 2.45) is 11.8 Å². The molecule has 3 aliphatic heterocycles. The molecule has 0 N–H and O–H groups in total. The van der Waals surface area contributed by atoms with E-state index in [1.807, 2.05) is 0 Å². The highest BCUT2D eigenvalue weighted by molar-refractivity contribution is 6.24. The molecule has 4 rings (SSSR count). The van der Waals surface area contributed by atoms with Crippen molar-refractivity contribution in [1.29, 1.82) is 0 Å². The third-order valence-corrected chi connectivity index (χ3v) is 6.01. The highest BCUT2D eigenvalue weighted by Crippen LogP contribution is 2.60. The number of hydrogen-bond acceptors (Lipinski definition) is 10. The van der Waals surface area contributed by atoms with Crippen LogP contribution in [0.3, 0.4) is 0 Å². The first-order valence-corrected chi connectivity index (χ1v) is 9.90. The second-order valence-electron chi connectivity index (χ2n) is 8.10. The van der Waals surface area contributed by atoms with Gasteiger partial charge < -0.3 is 18.9 Å². The topological polar surface area (TPSA) is 152 Å². The zero-order valence-electron chi connectivity index (χ0n) is 18.1. The minimum atomic E-state index is -1.76. The number of imide groups is 1. The van der Waals surface area contributed by atoms with Gasteiger partial charge in [-0.15, -0.1) is 0 Å². The average Bonchev–Trinajstić information content (AvgIpc) is 3.32. The van der Waals surface area contributed by atoms with Crippen molar-refractivity contribution >= 4 is 35.1 Å². The van der Waals surface area contributed by atoms with Crippen LogP contribution in [-0.4, -0.2) is 53.3 Å². The molecule has 12 heteroatoms. The number of ether oxygens (including phenoxy) is 4. The van der Waals surface area contributed by atoms with E-state index in [0.29, 0.717) is 0 Å². The highest BCUT2D eigenvalue weighted by Gasteiger charge is 2.76. The summed E-state index contributed by atoms with van der Waals surface area (Å²) >= 11 is 0. The Morgan fingerprint density at radius 2 is 1.73 bits per heavy atom. The van der Waals surface area contributed by atoms with Crippen LogP contribution in [0.1, 0.15) is 20.8 Å². The number of esters is 2. The lowest BCUT2D eigenvalue weighted by atomic mass is 9.72. The smallest absolute Gasteiger partial charge is 0.305 e. The molecule has 174 valence electrons. The molecule has 1 aromatic carbocycles. The van der Waals surface area contributed by atoms with E-state index >= 15 is 0 Å². The lowest BCUT2D eigenvalue weighted by Crippen LogP contribution is -2.52. The molecule has 4 atom stereocenters. The van der Waals surface area contributed by atoms with Crippen LogP contribution >= 0.6 is 0 Å². The van der Waals surface area contributed by atoms with Gasteiger partial charge in [0.1, 0.15) is 11.4 Å². The zero-order valence-corrected chi connectivity index (χ0v) is 18.1. The number of anilines is 1. The Hall–Kier alpha value is -3.80. The molecule has 3 aliphatic rings. The number of non-ortho nitro benzene ring substituents is 1. The molecule has 0 radical (unpaired) electrons. The molecule has 2 fully saturated rings. The fraction of sp³-hybridized carbons (Fsp3) is 0.429. The molecule has 0 unspecified atom stereocenters. The number of fused-ring (bicyclic) bond motifs is 5. The van der Waals surface area contributed by atoms with Gasteiger partial charge in [-0.3, -0.25) is 29.3 Å². The SMILES string of the molecule is COc1ccc([N+](=O)[O-])cc1N1C(=O)[C@@H]2[C@H](C1=O)[C@@]1(C(OC(C)=O)OC(C)=O)C=C[C@@]2(C)O1. The van der Waals surface area contributed by atoms with Gasteiger partial charge in [-0.1, -0.05) is 6.08 Å². The van der Waals surface area contributed by atoms with Crippen LogP contribution in [0, 0.1) is 22.0 Å². The third kappa shape index (κ3) is 3.17. The van der Waals surface area contributed by atoms with E-state index in [-0.39, 0.29) is 17.1 Å². The molecule has 2 amide bonds. The number of nitro benzene ring substituents is 1. The number of carbonyl (C=O) groups excluding carboxylic acids is 4. The Balaban J connectivity index is 1.83. The first-order chi connectivity index (χ1) is 15.4. The minimum Gasteiger partial charge on any atom is -0.495 e. The fourth-order valence-corrected chi connectivity index (χ4v) is 4.77. The predicted molar refractivity (Wildman–Crippen MR) is 108 cm³/mol. The Bertz CT molecular complexity index is 1110. The number of methoxy groups -OCH3 is 1. The van der Waals surface area contributed by atoms with E-state index in [2.05, 4.69) is 0 Å². The van der Waals surface area contributed by atoms with E-state index in [0.717, 1.165) is 24.8 Å². The van der Waals surface area contributed by atoms with Crippen molar-refractivity contribution in [3.63, 3.8) is 0 Å². The normalized spacial score (nSPS) is 29.4. The summed E-state index contributed by atoms with van der Waals surface area (Å²) in [7, 11) is 1.30. The van der Waals surface area contributed by atoms with E-state index in [4.69, 9.17) is 18.9 Å². The van der Waals surface area contributed by atoms with Gasteiger partial charge in [0.25, 0.3) is 12.0 Å². The summed E-state index contributed by atoms with van der Waals surface area (Å²) in [6.45, 7) is 3.77. The summed E-state index contributed by atoms with van der Waals surface area (Å²) < 4.78 is 21.6. The van der Waals surface area contributed by atoms with Crippen LogP contribution in [0.15, 0.2) is 30.4 Å². The predicted octanol–water partition coefficient (Wildman–Crippen LogP) is 1.26. The van der Waals surface area contributed by atoms with E-state index in [1.165, 1.54) is 25.3 Å². The highest BCUT2D eigenvalue weighted by atomic mass is 16.7. The number of nitrogens with zero attached hydrogens (tertiary/aromatic N) is 2. The molecule has 33 heavy (non-hydrogen) atoms. The Morgan fingerprint density at radius 3 is 2.27 bits per heavy atom. The summed E-state index contributed by atoms with van der Waals surface area (Å²) in [4.78, 5) is 62.0. The van der Waals surface area contributed by atoms with Gasteiger partial charge in [0.05, 0.1) is 29.5 Å². The number of nitro groups is 1. The summed E-state index contributed by atoms with van der Waals surface area (Å²) in [5.74, 6) is -5.25. The molecule has 0 spiro atoms. The van der Waals surface area contributed by atoms with Crippen LogP contribution in [-0.2, 0) is 33.4 Å². The average molecular weight is 460 g/mol. The van der Waals surface area contributed by atoms with Crippen molar-refractivity contribution in [1.82, 2.24) is 0 Å². The summed E-state index contributed by atoms with van der Waals surface area (Å²) in [5, 5.41) is 11.3. The van der Waals surface area contributed by atoms with Gasteiger partial charge in [-0.05, 0) is 19.1 Å². The maximum Gasteiger partial charge on any atom is 0.305 e. The number of carbonyl (C=O) groups is 4. The number of amides is 2. The van der Waals surface area contributed by atoms with Gasteiger partial charge in [0.15, 0.2) is 5.60 Å². The van der Waals surface area contributed by atoms with E-state index in [1.54, 1.807) is 13.0 Å². The van der Waals surface area contributed by atoms with E-state index in [9.17, 15) is 29.3 Å². The Kier molecular flexibility index (Phi) is 5.00. The number of rotatable bonds is 6. The van der Waals surface area contributed by atoms with Crippen LogP contribution in [0.4, 0.5) is 11.4 Å². The van der Waals surface area contributed by atoms with Gasteiger partial charge in [0, 0.05) is 26.0 Å². The molecule has 0 saturated carbocycles. The van der Waals surface area contributed by atoms with Crippen molar-refractivity contribution in [2.45, 2.75) is 38.3 Å². The Labute approximate surface area is 187 Å². The largest absolute Gasteiger partial charge is 0.495 e. The summed E-state index contributed by atoms with van der Waals surface area (Å²) in [6, 6.07) is 3.53. The van der Waals surface area contributed by atoms with E-state index < -0.39 is 58.0 Å². The number of benzene rings is 1. The van der Waals surface area contributed by atoms with Crippen molar-refractivity contribution in [3.8, 4) is 5.75 Å². The maximum absolute atomic E-state index is 13.6. The lowest BCUT2D eigenvalue weighted by Gasteiger charge is -2.34. The van der Waals surface area contributed by atoms with Gasteiger partial charge in [-0.25, -0.2) is 4.90 Å². The van der Waals surface area contributed by atoms with Gasteiger partial charge in [0.2, 0.25) is 11.8 Å². The molecule has 12 nitrogen and oxygen atoms in total. The molecule has 1 aromatic rings. The first kappa shape index (κ1) is 22.4. The van der Waals surface area contributed by atoms with Crippen molar-refractivity contribution in [3.05, 3.63) is 40.5 Å². The second-order valence-corrected chi connectivity index (χ2v) is 8.10. The van der Waals surface area contributed by atoms with Crippen LogP contribution < -0.4 is 9.64 Å². The quantitative estimate of drug-likeness (QED) is 0.151. The molecule has 2 bridgehead atoms. The fourth-order valence-electron chi connectivity index (χ4n) is 4.77. The van der Waals surface area contributed by atoms with Crippen LogP contribution in [0.2, 0.25) is 0 Å². The maximum atomic E-state index is 13.6. The van der Waals surface area contributed by atoms with Gasteiger partial charge in [-0.2, -0.15) is 0 Å². The standard InChI is InChI=1S/C21H20N2O10/c1-10(24)31-19(32-11(2)25)21-8-7-20(3,33-21)15-16(21)18(27)22(17(15)26)13-9-12(23(28)29)5-6-14(13)30-4/h5-9,15-16,19H,1-4H3/t15-,16+,20+,21+/m0/s1. The summed E-state index contributed by atoms with van der Waals surface area (Å²) in [6.07, 6.45) is 1.36. The monoisotopic (exact) mass is 460 g/mol. The molecule has 0 aromatic heterocycles. The molecule has 2 saturated heterocycles. The molecular weight excluding hydrogens is 440 g/mol. The Morgan fingerprint density at radius 1 is 1.12 bits per heavy atom. The van der Waals surface area contributed by atoms with Crippen LogP contribution in [0.5, 0.6) is 5.75 Å². The third-order valence-electron chi connectivity index (χ3n) is 6.01. The molecular formula is C21H20N2O10. The minimum absolute atomic E-state index is 0.0687. The summed E-state index contributed by atoms with van der Waals surface area (Å²) in [5.41, 5.74) is -3.49. The zero-order chi connectivity index (χ0) is 24.3. The lowest BCUT2D eigenvalue weighted by molar-refractivity contribution is -0.384. The van der Waals surface area contributed by atoms with Crippen molar-refractivity contribution in [2.75, 3.05) is 12.0 Å².